The van der Waals surface area contributed by atoms with Gasteiger partial charge in [-0.1, -0.05) is 0 Å². The lowest BCUT2D eigenvalue weighted by Crippen LogP contribution is -2.46. The molecular formula is C10H18N2O7. The van der Waals surface area contributed by atoms with E-state index in [-0.39, 0.29) is 5.69 Å². The van der Waals surface area contributed by atoms with E-state index in [1.54, 1.807) is 6.07 Å². The third kappa shape index (κ3) is 6.96. The van der Waals surface area contributed by atoms with Crippen LogP contribution in [0, 0.1) is 0 Å². The highest BCUT2D eigenvalue weighted by Crippen LogP contribution is 2.03. The number of aromatic nitrogens is 2. The van der Waals surface area contributed by atoms with Crippen LogP contribution in [-0.2, 0) is 0 Å². The molecule has 4 atom stereocenters. The summed E-state index contributed by atoms with van der Waals surface area (Å²) < 4.78 is 0. The smallest absolute Gasteiger partial charge is 0.344 e. The molecule has 0 fully saturated rings. The molecule has 0 aliphatic rings. The summed E-state index contributed by atoms with van der Waals surface area (Å²) >= 11 is 0. The zero-order chi connectivity index (χ0) is 14.8. The van der Waals surface area contributed by atoms with Gasteiger partial charge in [-0.3, -0.25) is 0 Å². The molecule has 1 rings (SSSR count). The molecule has 0 bridgehead atoms. The van der Waals surface area contributed by atoms with Crippen molar-refractivity contribution in [2.24, 2.45) is 0 Å². The van der Waals surface area contributed by atoms with Crippen molar-refractivity contribution in [2.45, 2.75) is 24.4 Å². The average Bonchev–Trinajstić information content (AvgIpc) is 2.45. The fourth-order valence-electron chi connectivity index (χ4n) is 0.982. The Morgan fingerprint density at radius 1 is 1.05 bits per heavy atom. The molecule has 0 aliphatic carbocycles. The van der Waals surface area contributed by atoms with Crippen molar-refractivity contribution in [3.8, 4) is 0 Å². The van der Waals surface area contributed by atoms with Crippen molar-refractivity contribution >= 4 is 0 Å². The van der Waals surface area contributed by atoms with E-state index < -0.39 is 37.6 Å². The summed E-state index contributed by atoms with van der Waals surface area (Å²) in [5, 5.41) is 52.2. The molecule has 7 N–H and O–H groups in total. The van der Waals surface area contributed by atoms with Gasteiger partial charge in [-0.05, 0) is 6.07 Å². The van der Waals surface area contributed by atoms with E-state index in [1.165, 1.54) is 12.4 Å². The number of nitrogens with zero attached hydrogens (tertiary/aromatic N) is 1. The fraction of sp³-hybridized carbons (Fsp3) is 0.600. The van der Waals surface area contributed by atoms with Gasteiger partial charge in [0.2, 0.25) is 0 Å². The fourth-order valence-corrected chi connectivity index (χ4v) is 0.982. The molecule has 110 valence electrons. The van der Waals surface area contributed by atoms with Crippen LogP contribution in [0.3, 0.4) is 0 Å². The quantitative estimate of drug-likeness (QED) is 0.287. The predicted molar refractivity (Wildman–Crippen MR) is 63.1 cm³/mol. The molecule has 0 amide bonds. The Balaban J connectivity index is 0.000000388. The normalized spacial score (nSPS) is 16.7. The van der Waals surface area contributed by atoms with Gasteiger partial charge in [0.1, 0.15) is 24.4 Å². The highest BCUT2D eigenvalue weighted by atomic mass is 16.4. The van der Waals surface area contributed by atoms with Crippen LogP contribution in [0.25, 0.3) is 0 Å². The molecule has 0 saturated heterocycles. The predicted octanol–water partition coefficient (Wildman–Crippen LogP) is -3.82. The highest BCUT2D eigenvalue weighted by molar-refractivity contribution is 4.79. The molecule has 1 aromatic rings. The van der Waals surface area contributed by atoms with Gasteiger partial charge in [-0.25, -0.2) is 9.78 Å². The number of nitrogens with one attached hydrogen (secondary N) is 1. The van der Waals surface area contributed by atoms with Crippen molar-refractivity contribution in [2.75, 3.05) is 13.2 Å². The summed E-state index contributed by atoms with van der Waals surface area (Å²) in [4.78, 5) is 15.8. The average molecular weight is 278 g/mol. The summed E-state index contributed by atoms with van der Waals surface area (Å²) in [5.74, 6) is 0. The number of aromatic amines is 1. The maximum Gasteiger partial charge on any atom is 0.344 e. The van der Waals surface area contributed by atoms with E-state index in [4.69, 9.17) is 30.6 Å². The maximum absolute atomic E-state index is 10.1. The molecule has 1 heterocycles. The molecule has 9 nitrogen and oxygen atoms in total. The monoisotopic (exact) mass is 278 g/mol. The minimum Gasteiger partial charge on any atom is -0.394 e. The number of aliphatic hydroxyl groups excluding tert-OH is 6. The van der Waals surface area contributed by atoms with Crippen LogP contribution in [0.1, 0.15) is 0 Å². The van der Waals surface area contributed by atoms with E-state index >= 15 is 0 Å². The molecule has 0 spiro atoms. The Hall–Kier alpha value is -1.36. The maximum atomic E-state index is 10.1. The zero-order valence-electron chi connectivity index (χ0n) is 9.99. The Morgan fingerprint density at radius 3 is 1.74 bits per heavy atom. The largest absolute Gasteiger partial charge is 0.394 e. The first-order chi connectivity index (χ1) is 8.93. The van der Waals surface area contributed by atoms with E-state index in [9.17, 15) is 4.79 Å². The molecular weight excluding hydrogens is 260 g/mol. The van der Waals surface area contributed by atoms with Gasteiger partial charge >= 0.3 is 5.69 Å². The SMILES string of the molecule is O=c1nccc[nH]1.OCC(O)C(O)C(O)C(O)CO. The van der Waals surface area contributed by atoms with E-state index in [1.807, 2.05) is 0 Å². The Bertz CT molecular complexity index is 355. The van der Waals surface area contributed by atoms with Gasteiger partial charge in [-0.15, -0.1) is 0 Å². The molecule has 0 aromatic carbocycles. The molecule has 4 unspecified atom stereocenters. The first kappa shape index (κ1) is 17.6. The van der Waals surface area contributed by atoms with Gasteiger partial charge < -0.3 is 35.6 Å². The summed E-state index contributed by atoms with van der Waals surface area (Å²) in [7, 11) is 0. The lowest BCUT2D eigenvalue weighted by molar-refractivity contribution is -0.123. The number of rotatable bonds is 5. The minimum absolute atomic E-state index is 0.303. The second-order valence-electron chi connectivity index (χ2n) is 3.57. The van der Waals surface area contributed by atoms with E-state index in [0.29, 0.717) is 0 Å². The first-order valence-corrected chi connectivity index (χ1v) is 5.37. The van der Waals surface area contributed by atoms with Crippen molar-refractivity contribution < 1.29 is 30.6 Å². The topological polar surface area (TPSA) is 167 Å². The summed E-state index contributed by atoms with van der Waals surface area (Å²) in [6, 6.07) is 1.65. The number of hydrogen-bond donors (Lipinski definition) is 7. The summed E-state index contributed by atoms with van der Waals surface area (Å²) in [6.07, 6.45) is -3.41. The first-order valence-electron chi connectivity index (χ1n) is 5.37. The van der Waals surface area contributed by atoms with Crippen LogP contribution in [0.2, 0.25) is 0 Å². The number of hydrogen-bond acceptors (Lipinski definition) is 8. The standard InChI is InChI=1S/C6H14O6.C4H4N2O/c7-1-3(9)5(11)6(12)4(10)2-8;7-4-5-2-1-3-6-4/h3-12H,1-2H2;1-3H,(H,5,6,7). The Labute approximate surface area is 108 Å². The van der Waals surface area contributed by atoms with E-state index in [0.717, 1.165) is 0 Å². The second kappa shape index (κ2) is 9.55. The Kier molecular flexibility index (Phi) is 8.87. The van der Waals surface area contributed by atoms with Gasteiger partial charge in [0.15, 0.2) is 0 Å². The van der Waals surface area contributed by atoms with Crippen LogP contribution in [0.5, 0.6) is 0 Å². The molecule has 19 heavy (non-hydrogen) atoms. The molecule has 1 aromatic heterocycles. The molecule has 9 heteroatoms. The van der Waals surface area contributed by atoms with Gasteiger partial charge in [0.05, 0.1) is 13.2 Å². The second-order valence-corrected chi connectivity index (χ2v) is 3.57. The zero-order valence-corrected chi connectivity index (χ0v) is 9.99. The number of H-pyrrole nitrogens is 1. The lowest BCUT2D eigenvalue weighted by atomic mass is 10.0. The number of aliphatic hydroxyl groups is 6. The molecule has 0 saturated carbocycles. The summed E-state index contributed by atoms with van der Waals surface area (Å²) in [6.45, 7) is -1.45. The van der Waals surface area contributed by atoms with Crippen LogP contribution < -0.4 is 5.69 Å². The molecule has 0 radical (unpaired) electrons. The van der Waals surface area contributed by atoms with Crippen molar-refractivity contribution in [3.05, 3.63) is 28.9 Å². The lowest BCUT2D eigenvalue weighted by Gasteiger charge is -2.24. The third-order valence-corrected chi connectivity index (χ3v) is 2.09. The van der Waals surface area contributed by atoms with Gasteiger partial charge in [0.25, 0.3) is 0 Å². The van der Waals surface area contributed by atoms with Crippen molar-refractivity contribution in [1.29, 1.82) is 0 Å². The summed E-state index contributed by atoms with van der Waals surface area (Å²) in [5.41, 5.74) is -0.303. The Morgan fingerprint density at radius 2 is 1.53 bits per heavy atom. The van der Waals surface area contributed by atoms with Crippen LogP contribution in [0.4, 0.5) is 0 Å². The van der Waals surface area contributed by atoms with Crippen LogP contribution in [-0.4, -0.2) is 78.2 Å². The van der Waals surface area contributed by atoms with Gasteiger partial charge in [-0.2, -0.15) is 0 Å². The van der Waals surface area contributed by atoms with Gasteiger partial charge in [0, 0.05) is 12.4 Å². The third-order valence-electron chi connectivity index (χ3n) is 2.09. The van der Waals surface area contributed by atoms with Crippen LogP contribution in [0.15, 0.2) is 23.3 Å². The minimum atomic E-state index is -1.67. The van der Waals surface area contributed by atoms with Crippen molar-refractivity contribution in [3.63, 3.8) is 0 Å². The van der Waals surface area contributed by atoms with Crippen LogP contribution >= 0.6 is 0 Å². The highest BCUT2D eigenvalue weighted by Gasteiger charge is 2.29. The van der Waals surface area contributed by atoms with E-state index in [2.05, 4.69) is 9.97 Å². The van der Waals surface area contributed by atoms with Crippen molar-refractivity contribution in [1.82, 2.24) is 9.97 Å². The molecule has 0 aliphatic heterocycles.